The average molecular weight is 214 g/mol. The van der Waals surface area contributed by atoms with Crippen LogP contribution in [0.4, 0.5) is 0 Å². The molecule has 1 aromatic rings. The minimum atomic E-state index is -3.96. The smallest absolute Gasteiger partial charge is 0.324 e. The van der Waals surface area contributed by atoms with E-state index in [1.807, 2.05) is 32.9 Å². The second-order valence-corrected chi connectivity index (χ2v) is 5.35. The van der Waals surface area contributed by atoms with E-state index >= 15 is 0 Å². The van der Waals surface area contributed by atoms with Crippen molar-refractivity contribution in [2.24, 2.45) is 0 Å². The van der Waals surface area contributed by atoms with E-state index in [1.165, 1.54) is 0 Å². The topological polar surface area (TPSA) is 57.5 Å². The molecule has 0 unspecified atom stereocenters. The fourth-order valence-corrected chi connectivity index (χ4v) is 2.58. The summed E-state index contributed by atoms with van der Waals surface area (Å²) in [4.78, 5) is 17.8. The molecule has 0 aliphatic carbocycles. The summed E-state index contributed by atoms with van der Waals surface area (Å²) < 4.78 is 10.9. The third kappa shape index (κ3) is 2.95. The summed E-state index contributed by atoms with van der Waals surface area (Å²) in [6.45, 7) is 5.73. The largest absolute Gasteiger partial charge is 0.329 e. The van der Waals surface area contributed by atoms with Crippen molar-refractivity contribution < 1.29 is 14.4 Å². The van der Waals surface area contributed by atoms with Crippen molar-refractivity contribution in [1.82, 2.24) is 0 Å². The fourth-order valence-electron chi connectivity index (χ4n) is 1.67. The number of hydrogen-bond acceptors (Lipinski definition) is 1. The van der Waals surface area contributed by atoms with Gasteiger partial charge in [0.1, 0.15) is 0 Å². The Balaban J connectivity index is 3.15. The quantitative estimate of drug-likeness (QED) is 0.742. The molecule has 4 heteroatoms. The molecular weight excluding hydrogens is 199 g/mol. The van der Waals surface area contributed by atoms with Crippen molar-refractivity contribution in [2.45, 2.75) is 26.9 Å². The summed E-state index contributed by atoms with van der Waals surface area (Å²) in [5.74, 6) is 0. The van der Waals surface area contributed by atoms with Gasteiger partial charge in [-0.3, -0.25) is 4.57 Å². The van der Waals surface area contributed by atoms with Crippen LogP contribution in [0.1, 0.15) is 22.3 Å². The van der Waals surface area contributed by atoms with Crippen LogP contribution in [-0.4, -0.2) is 9.79 Å². The van der Waals surface area contributed by atoms with Crippen LogP contribution in [0, 0.1) is 20.8 Å². The molecule has 3 nitrogen and oxygen atoms in total. The van der Waals surface area contributed by atoms with Gasteiger partial charge in [0.2, 0.25) is 0 Å². The first-order valence-corrected chi connectivity index (χ1v) is 6.20. The van der Waals surface area contributed by atoms with Crippen LogP contribution < -0.4 is 0 Å². The predicted molar refractivity (Wildman–Crippen MR) is 56.4 cm³/mol. The van der Waals surface area contributed by atoms with Gasteiger partial charge in [-0.05, 0) is 37.5 Å². The Kier molecular flexibility index (Phi) is 3.15. The van der Waals surface area contributed by atoms with Crippen LogP contribution in [0.5, 0.6) is 0 Å². The summed E-state index contributed by atoms with van der Waals surface area (Å²) in [7, 11) is -3.96. The molecule has 0 saturated heterocycles. The van der Waals surface area contributed by atoms with Crippen molar-refractivity contribution in [2.75, 3.05) is 0 Å². The highest BCUT2D eigenvalue weighted by Crippen LogP contribution is 2.40. The number of rotatable bonds is 2. The zero-order valence-electron chi connectivity index (χ0n) is 8.61. The summed E-state index contributed by atoms with van der Waals surface area (Å²) in [5, 5.41) is 0. The van der Waals surface area contributed by atoms with E-state index in [9.17, 15) is 4.57 Å². The highest BCUT2D eigenvalue weighted by Gasteiger charge is 2.17. The molecule has 2 N–H and O–H groups in total. The molecule has 0 fully saturated rings. The van der Waals surface area contributed by atoms with E-state index in [2.05, 4.69) is 0 Å². The monoisotopic (exact) mass is 214 g/mol. The molecule has 0 radical (unpaired) electrons. The van der Waals surface area contributed by atoms with Crippen molar-refractivity contribution in [1.29, 1.82) is 0 Å². The van der Waals surface area contributed by atoms with Crippen LogP contribution in [0.25, 0.3) is 0 Å². The molecule has 0 spiro atoms. The summed E-state index contributed by atoms with van der Waals surface area (Å²) >= 11 is 0. The van der Waals surface area contributed by atoms with Crippen LogP contribution in [0.2, 0.25) is 0 Å². The maximum absolute atomic E-state index is 10.9. The van der Waals surface area contributed by atoms with E-state index in [1.54, 1.807) is 0 Å². The molecule has 1 rings (SSSR count). The molecule has 1 aromatic carbocycles. The van der Waals surface area contributed by atoms with Gasteiger partial charge in [-0.1, -0.05) is 17.7 Å². The average Bonchev–Trinajstić information content (AvgIpc) is 1.95. The van der Waals surface area contributed by atoms with Crippen molar-refractivity contribution in [3.63, 3.8) is 0 Å². The maximum Gasteiger partial charge on any atom is 0.329 e. The SMILES string of the molecule is Cc1cc(C)c(CP(=O)(O)O)c(C)c1. The molecule has 0 aliphatic rings. The number of aryl methyl sites for hydroxylation is 3. The van der Waals surface area contributed by atoms with Crippen molar-refractivity contribution in [3.8, 4) is 0 Å². The van der Waals surface area contributed by atoms with Crippen molar-refractivity contribution >= 4 is 7.60 Å². The number of hydrogen-bond donors (Lipinski definition) is 2. The molecular formula is C10H15O3P. The van der Waals surface area contributed by atoms with Gasteiger partial charge < -0.3 is 9.79 Å². The predicted octanol–water partition coefficient (Wildman–Crippen LogP) is 2.29. The minimum Gasteiger partial charge on any atom is -0.324 e. The lowest BCUT2D eigenvalue weighted by Gasteiger charge is -2.11. The highest BCUT2D eigenvalue weighted by atomic mass is 31.2. The first-order valence-electron chi connectivity index (χ1n) is 4.41. The van der Waals surface area contributed by atoms with Gasteiger partial charge in [0, 0.05) is 0 Å². The Morgan fingerprint density at radius 2 is 1.57 bits per heavy atom. The Hall–Kier alpha value is -0.630. The summed E-state index contributed by atoms with van der Waals surface area (Å²) in [6.07, 6.45) is -0.162. The third-order valence-electron chi connectivity index (χ3n) is 2.20. The van der Waals surface area contributed by atoms with Gasteiger partial charge in [0.05, 0.1) is 6.16 Å². The normalized spacial score (nSPS) is 11.8. The maximum atomic E-state index is 10.9. The summed E-state index contributed by atoms with van der Waals surface area (Å²) in [5.41, 5.74) is 3.79. The zero-order valence-corrected chi connectivity index (χ0v) is 9.51. The van der Waals surface area contributed by atoms with Crippen LogP contribution in [-0.2, 0) is 10.7 Å². The standard InChI is InChI=1S/C10H15O3P/c1-7-4-8(2)10(9(3)5-7)6-14(11,12)13/h4-5H,6H2,1-3H3,(H2,11,12,13). The van der Waals surface area contributed by atoms with E-state index in [-0.39, 0.29) is 6.16 Å². The second kappa shape index (κ2) is 3.85. The first-order chi connectivity index (χ1) is 6.29. The lowest BCUT2D eigenvalue weighted by atomic mass is 10.0. The van der Waals surface area contributed by atoms with Gasteiger partial charge in [0.15, 0.2) is 0 Å². The molecule has 0 bridgehead atoms. The molecule has 78 valence electrons. The number of benzene rings is 1. The van der Waals surface area contributed by atoms with Gasteiger partial charge >= 0.3 is 7.60 Å². The first kappa shape index (κ1) is 11.4. The van der Waals surface area contributed by atoms with Crippen LogP contribution in [0.15, 0.2) is 12.1 Å². The van der Waals surface area contributed by atoms with E-state index in [0.29, 0.717) is 0 Å². The molecule has 0 amide bonds. The molecule has 14 heavy (non-hydrogen) atoms. The lowest BCUT2D eigenvalue weighted by molar-refractivity contribution is 0.371. The van der Waals surface area contributed by atoms with Gasteiger partial charge in [-0.25, -0.2) is 0 Å². The van der Waals surface area contributed by atoms with Crippen LogP contribution in [0.3, 0.4) is 0 Å². The van der Waals surface area contributed by atoms with Crippen LogP contribution >= 0.6 is 7.60 Å². The van der Waals surface area contributed by atoms with Gasteiger partial charge in [-0.15, -0.1) is 0 Å². The Morgan fingerprint density at radius 3 is 1.93 bits per heavy atom. The zero-order chi connectivity index (χ0) is 10.9. The Bertz CT molecular complexity index is 369. The van der Waals surface area contributed by atoms with E-state index < -0.39 is 7.60 Å². The Morgan fingerprint density at radius 1 is 1.14 bits per heavy atom. The lowest BCUT2D eigenvalue weighted by Crippen LogP contribution is -1.96. The molecule has 0 heterocycles. The van der Waals surface area contributed by atoms with E-state index in [0.717, 1.165) is 22.3 Å². The Labute approximate surface area is 83.9 Å². The van der Waals surface area contributed by atoms with Gasteiger partial charge in [0.25, 0.3) is 0 Å². The minimum absolute atomic E-state index is 0.162. The highest BCUT2D eigenvalue weighted by molar-refractivity contribution is 7.50. The molecule has 0 aliphatic heterocycles. The van der Waals surface area contributed by atoms with Gasteiger partial charge in [-0.2, -0.15) is 0 Å². The van der Waals surface area contributed by atoms with Crippen molar-refractivity contribution in [3.05, 3.63) is 34.4 Å². The molecule has 0 saturated carbocycles. The third-order valence-corrected chi connectivity index (χ3v) is 2.93. The van der Waals surface area contributed by atoms with E-state index in [4.69, 9.17) is 9.79 Å². The molecule has 0 atom stereocenters. The fraction of sp³-hybridized carbons (Fsp3) is 0.400. The second-order valence-electron chi connectivity index (χ2n) is 3.70. The molecule has 0 aromatic heterocycles. The summed E-state index contributed by atoms with van der Waals surface area (Å²) in [6, 6.07) is 3.88.